The number of amides is 1. The number of aromatic nitrogens is 3. The molecule has 0 atom stereocenters. The average Bonchev–Trinajstić information content (AvgIpc) is 2.93. The molecule has 0 fully saturated rings. The van der Waals surface area contributed by atoms with Crippen molar-refractivity contribution in [3.8, 4) is 11.1 Å². The Bertz CT molecular complexity index is 1120. The number of carbonyl (C=O) groups is 1. The Kier molecular flexibility index (Phi) is 4.25. The molecule has 0 radical (unpaired) electrons. The Morgan fingerprint density at radius 3 is 2.75 bits per heavy atom. The van der Waals surface area contributed by atoms with Crippen LogP contribution in [0.2, 0.25) is 0 Å². The molecule has 0 aliphatic carbocycles. The second-order valence-electron chi connectivity index (χ2n) is 8.14. The molecule has 1 aliphatic rings. The van der Waals surface area contributed by atoms with Crippen molar-refractivity contribution in [3.05, 3.63) is 58.1 Å². The zero-order valence-electron chi connectivity index (χ0n) is 16.6. The van der Waals surface area contributed by atoms with E-state index in [0.717, 1.165) is 23.1 Å². The highest BCUT2D eigenvalue weighted by Gasteiger charge is 2.26. The SMILES string of the molecule is Cn1nc2cc(-c3cccc4c3CCN(C(=O)OC(C)(C)C)C4)ccn2c1=O. The smallest absolute Gasteiger partial charge is 0.410 e. The van der Waals surface area contributed by atoms with E-state index in [1.54, 1.807) is 18.1 Å². The van der Waals surface area contributed by atoms with Crippen LogP contribution in [0.4, 0.5) is 4.79 Å². The molecule has 0 unspecified atom stereocenters. The van der Waals surface area contributed by atoms with Gasteiger partial charge in [-0.25, -0.2) is 14.3 Å². The van der Waals surface area contributed by atoms with E-state index in [9.17, 15) is 9.59 Å². The van der Waals surface area contributed by atoms with E-state index in [-0.39, 0.29) is 11.8 Å². The van der Waals surface area contributed by atoms with Crippen molar-refractivity contribution in [2.75, 3.05) is 6.54 Å². The van der Waals surface area contributed by atoms with E-state index in [1.807, 2.05) is 39.0 Å². The van der Waals surface area contributed by atoms with Gasteiger partial charge in [0.05, 0.1) is 0 Å². The maximum absolute atomic E-state index is 12.4. The van der Waals surface area contributed by atoms with Crippen LogP contribution in [-0.2, 0) is 24.8 Å². The summed E-state index contributed by atoms with van der Waals surface area (Å²) in [6.45, 7) is 6.77. The van der Waals surface area contributed by atoms with Gasteiger partial charge in [0, 0.05) is 26.3 Å². The van der Waals surface area contributed by atoms with Crippen LogP contribution in [-0.4, -0.2) is 37.3 Å². The Morgan fingerprint density at radius 1 is 1.21 bits per heavy atom. The number of aryl methyl sites for hydroxylation is 1. The molecular formula is C21H24N4O3. The van der Waals surface area contributed by atoms with Crippen LogP contribution in [0.1, 0.15) is 31.9 Å². The van der Waals surface area contributed by atoms with Gasteiger partial charge >= 0.3 is 11.8 Å². The summed E-state index contributed by atoms with van der Waals surface area (Å²) in [7, 11) is 1.64. The maximum atomic E-state index is 12.4. The standard InChI is InChI=1S/C21H24N4O3/c1-21(2,3)28-20(27)24-10-9-17-15(13-24)6-5-7-16(17)14-8-11-25-18(12-14)22-23(4)19(25)26/h5-8,11-12H,9-10,13H2,1-4H3. The Labute approximate surface area is 163 Å². The first-order valence-corrected chi connectivity index (χ1v) is 9.37. The molecule has 7 heteroatoms. The van der Waals surface area contributed by atoms with Crippen LogP contribution in [0, 0.1) is 0 Å². The number of ether oxygens (including phenoxy) is 1. The summed E-state index contributed by atoms with van der Waals surface area (Å²) >= 11 is 0. The van der Waals surface area contributed by atoms with Crippen LogP contribution >= 0.6 is 0 Å². The molecule has 1 aromatic carbocycles. The van der Waals surface area contributed by atoms with Crippen molar-refractivity contribution in [3.63, 3.8) is 0 Å². The number of benzene rings is 1. The van der Waals surface area contributed by atoms with Gasteiger partial charge in [-0.1, -0.05) is 18.2 Å². The summed E-state index contributed by atoms with van der Waals surface area (Å²) in [6.07, 6.45) is 2.23. The van der Waals surface area contributed by atoms with Gasteiger partial charge in [0.25, 0.3) is 0 Å². The fourth-order valence-corrected chi connectivity index (χ4v) is 3.61. The molecule has 0 bridgehead atoms. The zero-order valence-corrected chi connectivity index (χ0v) is 16.6. The molecule has 0 spiro atoms. The highest BCUT2D eigenvalue weighted by molar-refractivity contribution is 5.73. The number of carbonyl (C=O) groups excluding carboxylic acids is 1. The summed E-state index contributed by atoms with van der Waals surface area (Å²) in [5.74, 6) is 0. The molecule has 0 saturated heterocycles. The van der Waals surface area contributed by atoms with Crippen molar-refractivity contribution < 1.29 is 9.53 Å². The van der Waals surface area contributed by atoms with E-state index in [0.29, 0.717) is 18.7 Å². The second kappa shape index (κ2) is 6.51. The van der Waals surface area contributed by atoms with Crippen molar-refractivity contribution in [1.82, 2.24) is 19.1 Å². The normalized spacial score (nSPS) is 14.2. The minimum absolute atomic E-state index is 0.162. The third kappa shape index (κ3) is 3.28. The molecule has 7 nitrogen and oxygen atoms in total. The Hall–Kier alpha value is -3.09. The number of nitrogens with zero attached hydrogens (tertiary/aromatic N) is 4. The molecule has 3 heterocycles. The van der Waals surface area contributed by atoms with Crippen molar-refractivity contribution in [2.24, 2.45) is 7.05 Å². The van der Waals surface area contributed by atoms with Crippen molar-refractivity contribution >= 4 is 11.7 Å². The first kappa shape index (κ1) is 18.3. The van der Waals surface area contributed by atoms with Crippen molar-refractivity contribution in [2.45, 2.75) is 39.3 Å². The zero-order chi connectivity index (χ0) is 20.1. The van der Waals surface area contributed by atoms with Crippen LogP contribution < -0.4 is 5.69 Å². The van der Waals surface area contributed by atoms with E-state index >= 15 is 0 Å². The Morgan fingerprint density at radius 2 is 2.00 bits per heavy atom. The summed E-state index contributed by atoms with van der Waals surface area (Å²) < 4.78 is 8.38. The molecule has 1 amide bonds. The topological polar surface area (TPSA) is 68.8 Å². The molecule has 0 saturated carbocycles. The molecule has 146 valence electrons. The lowest BCUT2D eigenvalue weighted by Gasteiger charge is -2.32. The van der Waals surface area contributed by atoms with E-state index < -0.39 is 5.60 Å². The third-order valence-electron chi connectivity index (χ3n) is 4.90. The van der Waals surface area contributed by atoms with Crippen molar-refractivity contribution in [1.29, 1.82) is 0 Å². The predicted octanol–water partition coefficient (Wildman–Crippen LogP) is 2.99. The number of hydrogen-bond donors (Lipinski definition) is 0. The first-order chi connectivity index (χ1) is 13.2. The minimum Gasteiger partial charge on any atom is -0.444 e. The lowest BCUT2D eigenvalue weighted by atomic mass is 9.91. The van der Waals surface area contributed by atoms with Crippen LogP contribution in [0.5, 0.6) is 0 Å². The van der Waals surface area contributed by atoms with Gasteiger partial charge < -0.3 is 9.64 Å². The predicted molar refractivity (Wildman–Crippen MR) is 106 cm³/mol. The lowest BCUT2D eigenvalue weighted by molar-refractivity contribution is 0.0224. The van der Waals surface area contributed by atoms with Gasteiger partial charge in [0.15, 0.2) is 5.65 Å². The van der Waals surface area contributed by atoms with Gasteiger partial charge in [-0.15, -0.1) is 0 Å². The van der Waals surface area contributed by atoms with Crippen LogP contribution in [0.15, 0.2) is 41.3 Å². The number of rotatable bonds is 1. The van der Waals surface area contributed by atoms with Gasteiger partial charge in [0.1, 0.15) is 5.60 Å². The second-order valence-corrected chi connectivity index (χ2v) is 8.14. The van der Waals surface area contributed by atoms with E-state index in [2.05, 4.69) is 17.2 Å². The van der Waals surface area contributed by atoms with Gasteiger partial charge in [-0.2, -0.15) is 5.10 Å². The number of hydrogen-bond acceptors (Lipinski definition) is 4. The molecular weight excluding hydrogens is 356 g/mol. The average molecular weight is 380 g/mol. The lowest BCUT2D eigenvalue weighted by Crippen LogP contribution is -2.40. The monoisotopic (exact) mass is 380 g/mol. The number of fused-ring (bicyclic) bond motifs is 2. The molecule has 3 aromatic rings. The summed E-state index contributed by atoms with van der Waals surface area (Å²) in [5.41, 5.74) is 4.42. The fraction of sp³-hybridized carbons (Fsp3) is 0.381. The highest BCUT2D eigenvalue weighted by atomic mass is 16.6. The quantitative estimate of drug-likeness (QED) is 0.651. The molecule has 28 heavy (non-hydrogen) atoms. The molecule has 0 N–H and O–H groups in total. The van der Waals surface area contributed by atoms with E-state index in [4.69, 9.17) is 4.74 Å². The summed E-state index contributed by atoms with van der Waals surface area (Å²) in [5, 5.41) is 4.28. The minimum atomic E-state index is -0.505. The fourth-order valence-electron chi connectivity index (χ4n) is 3.61. The van der Waals surface area contributed by atoms with Gasteiger partial charge in [-0.05, 0) is 61.6 Å². The third-order valence-corrected chi connectivity index (χ3v) is 4.90. The van der Waals surface area contributed by atoms with Gasteiger partial charge in [-0.3, -0.25) is 4.40 Å². The molecule has 1 aliphatic heterocycles. The number of pyridine rings is 1. The first-order valence-electron chi connectivity index (χ1n) is 9.37. The molecule has 2 aromatic heterocycles. The maximum Gasteiger partial charge on any atom is 0.410 e. The highest BCUT2D eigenvalue weighted by Crippen LogP contribution is 2.31. The van der Waals surface area contributed by atoms with E-state index in [1.165, 1.54) is 14.6 Å². The largest absolute Gasteiger partial charge is 0.444 e. The molecule has 4 rings (SSSR count). The van der Waals surface area contributed by atoms with Crippen LogP contribution in [0.3, 0.4) is 0 Å². The van der Waals surface area contributed by atoms with Gasteiger partial charge in [0.2, 0.25) is 0 Å². The summed E-state index contributed by atoms with van der Waals surface area (Å²) in [4.78, 5) is 26.2. The van der Waals surface area contributed by atoms with Crippen LogP contribution in [0.25, 0.3) is 16.8 Å². The Balaban J connectivity index is 1.67. The summed E-state index contributed by atoms with van der Waals surface area (Å²) in [6, 6.07) is 10.00.